The van der Waals surface area contributed by atoms with E-state index in [0.29, 0.717) is 0 Å². The summed E-state index contributed by atoms with van der Waals surface area (Å²) in [6.07, 6.45) is 5.58. The number of piperidine rings is 1. The molecule has 22 heavy (non-hydrogen) atoms. The molecule has 1 amide bonds. The van der Waals surface area contributed by atoms with Gasteiger partial charge in [-0.25, -0.2) is 9.97 Å². The summed E-state index contributed by atoms with van der Waals surface area (Å²) in [5.41, 5.74) is 0. The summed E-state index contributed by atoms with van der Waals surface area (Å²) in [5.74, 6) is 2.60. The normalized spacial score (nSPS) is 24.1. The molecule has 2 atom stereocenters. The van der Waals surface area contributed by atoms with Crippen molar-refractivity contribution in [1.82, 2.24) is 20.6 Å². The molecule has 9 heteroatoms. The van der Waals surface area contributed by atoms with Gasteiger partial charge in [-0.1, -0.05) is 0 Å². The lowest BCUT2D eigenvalue weighted by Crippen LogP contribution is -2.52. The van der Waals surface area contributed by atoms with Crippen molar-refractivity contribution in [1.29, 1.82) is 0 Å². The van der Waals surface area contributed by atoms with Crippen LogP contribution in [0.1, 0.15) is 12.8 Å². The van der Waals surface area contributed by atoms with E-state index < -0.39 is 0 Å². The molecule has 0 bridgehead atoms. The molecule has 2 fully saturated rings. The monoisotopic (exact) mass is 365 g/mol. The van der Waals surface area contributed by atoms with Gasteiger partial charge < -0.3 is 10.2 Å². The maximum atomic E-state index is 12.1. The Morgan fingerprint density at radius 2 is 2.14 bits per heavy atom. The second kappa shape index (κ2) is 9.39. The van der Waals surface area contributed by atoms with Crippen LogP contribution in [-0.4, -0.2) is 52.7 Å². The summed E-state index contributed by atoms with van der Waals surface area (Å²) in [6, 6.07) is 1.96. The smallest absolute Gasteiger partial charge is 0.238 e. The van der Waals surface area contributed by atoms with E-state index in [1.165, 1.54) is 0 Å². The Balaban J connectivity index is 0.00000121. The standard InChI is InChI=1S/C13H19N5OS.2ClH/c19-12(11-8-20-9-16-11)17-10-3-1-6-18(7-10)13-14-4-2-5-15-13;;/h2,4-5,10-11,16H,1,3,6-9H2,(H,17,19);2*1H. The highest BCUT2D eigenvalue weighted by Crippen LogP contribution is 2.16. The second-order valence-corrected chi connectivity index (χ2v) is 6.14. The van der Waals surface area contributed by atoms with E-state index in [9.17, 15) is 4.79 Å². The van der Waals surface area contributed by atoms with Crippen molar-refractivity contribution in [2.75, 3.05) is 29.6 Å². The predicted octanol–water partition coefficient (Wildman–Crippen LogP) is 1.07. The fourth-order valence-electron chi connectivity index (χ4n) is 2.60. The third-order valence-corrected chi connectivity index (χ3v) is 4.58. The number of nitrogens with zero attached hydrogens (tertiary/aromatic N) is 3. The number of carbonyl (C=O) groups is 1. The number of nitrogens with one attached hydrogen (secondary N) is 2. The number of thioether (sulfide) groups is 1. The Bertz CT molecular complexity index is 461. The Kier molecular flexibility index (Phi) is 8.24. The Hall–Kier alpha value is -0.760. The minimum atomic E-state index is -0.0386. The van der Waals surface area contributed by atoms with Crippen LogP contribution in [0.25, 0.3) is 0 Å². The highest BCUT2D eigenvalue weighted by atomic mass is 35.5. The molecule has 0 aliphatic carbocycles. The second-order valence-electron chi connectivity index (χ2n) is 5.11. The number of amides is 1. The number of aromatic nitrogens is 2. The van der Waals surface area contributed by atoms with E-state index in [0.717, 1.165) is 43.5 Å². The first kappa shape index (κ1) is 19.3. The molecule has 2 saturated heterocycles. The van der Waals surface area contributed by atoms with E-state index in [2.05, 4.69) is 25.5 Å². The number of hydrogen-bond acceptors (Lipinski definition) is 6. The molecule has 2 unspecified atom stereocenters. The number of halogens is 2. The van der Waals surface area contributed by atoms with Gasteiger partial charge >= 0.3 is 0 Å². The van der Waals surface area contributed by atoms with Crippen molar-refractivity contribution >= 4 is 48.4 Å². The van der Waals surface area contributed by atoms with Crippen molar-refractivity contribution in [3.05, 3.63) is 18.5 Å². The fraction of sp³-hybridized carbons (Fsp3) is 0.615. The van der Waals surface area contributed by atoms with Gasteiger partial charge in [-0.05, 0) is 18.9 Å². The molecule has 0 spiro atoms. The maximum absolute atomic E-state index is 12.1. The van der Waals surface area contributed by atoms with Crippen molar-refractivity contribution < 1.29 is 4.79 Å². The fourth-order valence-corrected chi connectivity index (χ4v) is 3.54. The van der Waals surface area contributed by atoms with E-state index >= 15 is 0 Å². The van der Waals surface area contributed by atoms with Crippen LogP contribution in [0.3, 0.4) is 0 Å². The third-order valence-electron chi connectivity index (χ3n) is 3.64. The van der Waals surface area contributed by atoms with Crippen LogP contribution in [-0.2, 0) is 4.79 Å². The third kappa shape index (κ3) is 4.87. The Morgan fingerprint density at radius 3 is 2.82 bits per heavy atom. The van der Waals surface area contributed by atoms with Crippen molar-refractivity contribution in [3.8, 4) is 0 Å². The zero-order valence-electron chi connectivity index (χ0n) is 12.1. The van der Waals surface area contributed by atoms with Gasteiger partial charge in [0.05, 0.1) is 6.04 Å². The molecule has 0 radical (unpaired) electrons. The predicted molar refractivity (Wildman–Crippen MR) is 94.2 cm³/mol. The molecule has 2 aliphatic rings. The summed E-state index contributed by atoms with van der Waals surface area (Å²) >= 11 is 1.77. The van der Waals surface area contributed by atoms with Crippen LogP contribution in [0.15, 0.2) is 18.5 Å². The van der Waals surface area contributed by atoms with Gasteiger partial charge in [0.25, 0.3) is 0 Å². The van der Waals surface area contributed by atoms with Gasteiger partial charge in [0, 0.05) is 43.2 Å². The maximum Gasteiger partial charge on any atom is 0.238 e. The molecule has 6 nitrogen and oxygen atoms in total. The molecule has 1 aromatic rings. The summed E-state index contributed by atoms with van der Waals surface area (Å²) in [4.78, 5) is 22.8. The lowest BCUT2D eigenvalue weighted by molar-refractivity contribution is -0.123. The van der Waals surface area contributed by atoms with Crippen LogP contribution < -0.4 is 15.5 Å². The zero-order chi connectivity index (χ0) is 13.8. The van der Waals surface area contributed by atoms with E-state index in [-0.39, 0.29) is 42.8 Å². The van der Waals surface area contributed by atoms with Crippen LogP contribution in [0.2, 0.25) is 0 Å². The highest BCUT2D eigenvalue weighted by molar-refractivity contribution is 7.99. The lowest BCUT2D eigenvalue weighted by atomic mass is 10.1. The van der Waals surface area contributed by atoms with E-state index in [1.54, 1.807) is 24.2 Å². The van der Waals surface area contributed by atoms with Crippen LogP contribution in [0.5, 0.6) is 0 Å². The molecular weight excluding hydrogens is 345 g/mol. The first-order chi connectivity index (χ1) is 9.83. The number of hydrogen-bond donors (Lipinski definition) is 2. The first-order valence-electron chi connectivity index (χ1n) is 6.96. The van der Waals surface area contributed by atoms with Crippen LogP contribution >= 0.6 is 36.6 Å². The molecule has 2 N–H and O–H groups in total. The summed E-state index contributed by atoms with van der Waals surface area (Å²) in [7, 11) is 0. The molecule has 1 aromatic heterocycles. The van der Waals surface area contributed by atoms with Crippen LogP contribution in [0, 0.1) is 0 Å². The summed E-state index contributed by atoms with van der Waals surface area (Å²) < 4.78 is 0. The number of rotatable bonds is 3. The lowest BCUT2D eigenvalue weighted by Gasteiger charge is -2.33. The van der Waals surface area contributed by atoms with Gasteiger partial charge in [-0.3, -0.25) is 10.1 Å². The van der Waals surface area contributed by atoms with Gasteiger partial charge in [-0.2, -0.15) is 0 Å². The minimum Gasteiger partial charge on any atom is -0.350 e. The van der Waals surface area contributed by atoms with Crippen LogP contribution in [0.4, 0.5) is 5.95 Å². The molecule has 0 saturated carbocycles. The highest BCUT2D eigenvalue weighted by Gasteiger charge is 2.27. The SMILES string of the molecule is Cl.Cl.O=C(NC1CCCN(c2ncccn2)C1)C1CSCN1. The van der Waals surface area contributed by atoms with Crippen molar-refractivity contribution in [3.63, 3.8) is 0 Å². The molecule has 3 heterocycles. The van der Waals surface area contributed by atoms with E-state index in [4.69, 9.17) is 0 Å². The summed E-state index contributed by atoms with van der Waals surface area (Å²) in [5, 5.41) is 6.35. The molecule has 2 aliphatic heterocycles. The molecule has 124 valence electrons. The van der Waals surface area contributed by atoms with E-state index in [1.807, 2.05) is 6.07 Å². The minimum absolute atomic E-state index is 0. The van der Waals surface area contributed by atoms with Gasteiger partial charge in [-0.15, -0.1) is 36.6 Å². The Labute approximate surface area is 147 Å². The number of anilines is 1. The molecule has 3 rings (SSSR count). The van der Waals surface area contributed by atoms with Crippen molar-refractivity contribution in [2.24, 2.45) is 0 Å². The quantitative estimate of drug-likeness (QED) is 0.834. The zero-order valence-corrected chi connectivity index (χ0v) is 14.6. The molecule has 0 aromatic carbocycles. The number of carbonyl (C=O) groups excluding carboxylic acids is 1. The largest absolute Gasteiger partial charge is 0.350 e. The summed E-state index contributed by atoms with van der Waals surface area (Å²) in [6.45, 7) is 1.74. The van der Waals surface area contributed by atoms with Crippen molar-refractivity contribution in [2.45, 2.75) is 24.9 Å². The topological polar surface area (TPSA) is 70.2 Å². The first-order valence-corrected chi connectivity index (χ1v) is 8.12. The van der Waals surface area contributed by atoms with Gasteiger partial charge in [0.2, 0.25) is 11.9 Å². The van der Waals surface area contributed by atoms with Gasteiger partial charge in [0.15, 0.2) is 0 Å². The average molecular weight is 366 g/mol. The molecular formula is C13H21Cl2N5OS. The van der Waals surface area contributed by atoms with Gasteiger partial charge in [0.1, 0.15) is 0 Å². The Morgan fingerprint density at radius 1 is 1.36 bits per heavy atom. The average Bonchev–Trinajstić information content (AvgIpc) is 3.03.